The van der Waals surface area contributed by atoms with Crippen LogP contribution in [0.2, 0.25) is 0 Å². The largest absolute Gasteiger partial charge is 0.495 e. The summed E-state index contributed by atoms with van der Waals surface area (Å²) in [5.74, 6) is 1.84. The number of rotatable bonds is 7. The topological polar surface area (TPSA) is 85.6 Å². The maximum Gasteiger partial charge on any atom is 0.157 e. The van der Waals surface area contributed by atoms with Crippen molar-refractivity contribution in [1.82, 2.24) is 24.9 Å². The van der Waals surface area contributed by atoms with E-state index in [0.717, 1.165) is 35.5 Å². The quantitative estimate of drug-likeness (QED) is 0.601. The van der Waals surface area contributed by atoms with Gasteiger partial charge >= 0.3 is 0 Å². The molecule has 5 rings (SSSR count). The summed E-state index contributed by atoms with van der Waals surface area (Å²) in [6, 6.07) is 5.47. The van der Waals surface area contributed by atoms with Crippen LogP contribution >= 0.6 is 0 Å². The second-order valence-corrected chi connectivity index (χ2v) is 8.18. The molecule has 31 heavy (non-hydrogen) atoms. The van der Waals surface area contributed by atoms with E-state index in [1.807, 2.05) is 22.7 Å². The number of imidazole rings is 1. The van der Waals surface area contributed by atoms with Crippen LogP contribution in [0.15, 0.2) is 24.4 Å². The van der Waals surface area contributed by atoms with Gasteiger partial charge in [0.05, 0.1) is 31.6 Å². The Hall–Kier alpha value is -2.78. The fourth-order valence-electron chi connectivity index (χ4n) is 4.06. The molecular formula is C22H27FN6O2. The van der Waals surface area contributed by atoms with Crippen molar-refractivity contribution < 1.29 is 13.9 Å². The molecule has 0 spiro atoms. The van der Waals surface area contributed by atoms with Gasteiger partial charge in [0.15, 0.2) is 5.65 Å². The molecule has 3 aromatic heterocycles. The molecule has 1 unspecified atom stereocenters. The van der Waals surface area contributed by atoms with Gasteiger partial charge in [-0.05, 0) is 31.9 Å². The van der Waals surface area contributed by atoms with E-state index < -0.39 is 6.17 Å². The van der Waals surface area contributed by atoms with E-state index in [1.165, 1.54) is 0 Å². The Balaban J connectivity index is 1.54. The Labute approximate surface area is 180 Å². The van der Waals surface area contributed by atoms with Crippen molar-refractivity contribution in [3.05, 3.63) is 35.7 Å². The molecule has 2 atom stereocenters. The summed E-state index contributed by atoms with van der Waals surface area (Å²) < 4.78 is 27.1. The average Bonchev–Trinajstić information content (AvgIpc) is 3.55. The number of fused-ring (bicyclic) bond motifs is 1. The van der Waals surface area contributed by atoms with Crippen LogP contribution in [-0.2, 0) is 11.3 Å². The molecule has 1 aliphatic heterocycles. The highest BCUT2D eigenvalue weighted by Gasteiger charge is 2.30. The van der Waals surface area contributed by atoms with Crippen molar-refractivity contribution in [2.45, 2.75) is 44.0 Å². The normalized spacial score (nSPS) is 21.4. The van der Waals surface area contributed by atoms with Crippen LogP contribution in [0.5, 0.6) is 5.75 Å². The van der Waals surface area contributed by atoms with Crippen molar-refractivity contribution in [2.24, 2.45) is 0 Å². The highest BCUT2D eigenvalue weighted by atomic mass is 19.1. The maximum atomic E-state index is 14.4. The number of methoxy groups -OCH3 is 2. The summed E-state index contributed by atoms with van der Waals surface area (Å²) >= 11 is 0. The Bertz CT molecular complexity index is 1080. The van der Waals surface area contributed by atoms with Crippen LogP contribution in [-0.4, -0.2) is 59.1 Å². The summed E-state index contributed by atoms with van der Waals surface area (Å²) in [6.07, 6.45) is 3.57. The molecule has 1 saturated heterocycles. The SMILES string of the molecule is COCc1ccc(-c2cnc3cc(OC)c(C4CC4)nn23)nc1NC1CNCC[C@H]1F. The molecule has 9 heteroatoms. The Morgan fingerprint density at radius 2 is 2.13 bits per heavy atom. The number of hydrogen-bond donors (Lipinski definition) is 2. The van der Waals surface area contributed by atoms with Crippen LogP contribution in [0.4, 0.5) is 10.2 Å². The first-order valence-corrected chi connectivity index (χ1v) is 10.7. The molecule has 0 bridgehead atoms. The molecule has 164 valence electrons. The van der Waals surface area contributed by atoms with Crippen LogP contribution < -0.4 is 15.4 Å². The van der Waals surface area contributed by atoms with Gasteiger partial charge in [-0.15, -0.1) is 0 Å². The van der Waals surface area contributed by atoms with E-state index in [-0.39, 0.29) is 6.04 Å². The third kappa shape index (κ3) is 3.95. The molecular weight excluding hydrogens is 399 g/mol. The number of hydrogen-bond acceptors (Lipinski definition) is 7. The molecule has 8 nitrogen and oxygen atoms in total. The lowest BCUT2D eigenvalue weighted by molar-refractivity contribution is 0.184. The lowest BCUT2D eigenvalue weighted by atomic mass is 10.1. The van der Waals surface area contributed by atoms with Crippen LogP contribution in [0.1, 0.15) is 36.4 Å². The van der Waals surface area contributed by atoms with Crippen molar-refractivity contribution in [3.8, 4) is 17.1 Å². The monoisotopic (exact) mass is 426 g/mol. The maximum absolute atomic E-state index is 14.4. The summed E-state index contributed by atoms with van der Waals surface area (Å²) in [4.78, 5) is 9.33. The number of pyridine rings is 1. The number of nitrogens with zero attached hydrogens (tertiary/aromatic N) is 4. The molecule has 0 radical (unpaired) electrons. The number of aromatic nitrogens is 4. The first kappa shape index (κ1) is 20.1. The number of anilines is 1. The van der Waals surface area contributed by atoms with E-state index in [2.05, 4.69) is 15.6 Å². The van der Waals surface area contributed by atoms with Gasteiger partial charge in [0.2, 0.25) is 0 Å². The van der Waals surface area contributed by atoms with Crippen LogP contribution in [0.25, 0.3) is 17.0 Å². The summed E-state index contributed by atoms with van der Waals surface area (Å²) in [5, 5.41) is 11.4. The van der Waals surface area contributed by atoms with Gasteiger partial charge in [0, 0.05) is 31.2 Å². The van der Waals surface area contributed by atoms with Gasteiger partial charge in [-0.1, -0.05) is 6.07 Å². The van der Waals surface area contributed by atoms with Gasteiger partial charge in [-0.2, -0.15) is 5.10 Å². The smallest absolute Gasteiger partial charge is 0.157 e. The number of alkyl halides is 1. The van der Waals surface area contributed by atoms with Crippen molar-refractivity contribution in [1.29, 1.82) is 0 Å². The zero-order chi connectivity index (χ0) is 21.4. The molecule has 2 aliphatic rings. The lowest BCUT2D eigenvalue weighted by Gasteiger charge is -2.28. The van der Waals surface area contributed by atoms with Crippen molar-refractivity contribution in [3.63, 3.8) is 0 Å². The van der Waals surface area contributed by atoms with E-state index >= 15 is 0 Å². The minimum absolute atomic E-state index is 0.335. The van der Waals surface area contributed by atoms with E-state index in [1.54, 1.807) is 20.4 Å². The third-order valence-corrected chi connectivity index (χ3v) is 5.93. The highest BCUT2D eigenvalue weighted by Crippen LogP contribution is 2.43. The van der Waals surface area contributed by atoms with Crippen molar-refractivity contribution in [2.75, 3.05) is 32.6 Å². The minimum atomic E-state index is -0.923. The summed E-state index contributed by atoms with van der Waals surface area (Å²) in [7, 11) is 3.30. The highest BCUT2D eigenvalue weighted by molar-refractivity contribution is 5.64. The van der Waals surface area contributed by atoms with Gasteiger partial charge in [-0.3, -0.25) is 0 Å². The fourth-order valence-corrected chi connectivity index (χ4v) is 4.06. The first-order valence-electron chi connectivity index (χ1n) is 10.7. The number of nitrogens with one attached hydrogen (secondary N) is 2. The molecule has 1 aliphatic carbocycles. The molecule has 2 N–H and O–H groups in total. The van der Waals surface area contributed by atoms with Crippen LogP contribution in [0.3, 0.4) is 0 Å². The second-order valence-electron chi connectivity index (χ2n) is 8.18. The Morgan fingerprint density at radius 1 is 1.26 bits per heavy atom. The summed E-state index contributed by atoms with van der Waals surface area (Å²) in [5.41, 5.74) is 4.04. The van der Waals surface area contributed by atoms with E-state index in [9.17, 15) is 4.39 Å². The van der Waals surface area contributed by atoms with Crippen molar-refractivity contribution >= 4 is 11.5 Å². The molecule has 1 saturated carbocycles. The third-order valence-electron chi connectivity index (χ3n) is 5.93. The number of halogens is 1. The van der Waals surface area contributed by atoms with Crippen LogP contribution in [0, 0.1) is 0 Å². The lowest BCUT2D eigenvalue weighted by Crippen LogP contribution is -2.46. The fraction of sp³-hybridized carbons (Fsp3) is 0.500. The predicted molar refractivity (Wildman–Crippen MR) is 115 cm³/mol. The van der Waals surface area contributed by atoms with E-state index in [0.29, 0.717) is 49.2 Å². The Morgan fingerprint density at radius 3 is 2.87 bits per heavy atom. The second kappa shape index (κ2) is 8.39. The van der Waals surface area contributed by atoms with Gasteiger partial charge in [0.1, 0.15) is 29.1 Å². The molecule has 0 aromatic carbocycles. The zero-order valence-electron chi connectivity index (χ0n) is 17.8. The van der Waals surface area contributed by atoms with E-state index in [4.69, 9.17) is 19.6 Å². The molecule has 4 heterocycles. The molecule has 2 fully saturated rings. The number of ether oxygens (including phenoxy) is 2. The average molecular weight is 426 g/mol. The first-order chi connectivity index (χ1) is 15.2. The number of piperidine rings is 1. The van der Waals surface area contributed by atoms with Gasteiger partial charge in [-0.25, -0.2) is 18.9 Å². The zero-order valence-corrected chi connectivity index (χ0v) is 17.8. The Kier molecular flexibility index (Phi) is 5.45. The standard InChI is InChI=1S/C22H27FN6O2/c1-30-12-14-5-6-16(26-22(14)27-17-10-24-8-7-15(17)23)18-11-25-20-9-19(31-2)21(13-3-4-13)28-29(18)20/h5-6,9,11,13,15,17,24H,3-4,7-8,10,12H2,1-2H3,(H,26,27)/t15-,17?/m1/s1. The van der Waals surface area contributed by atoms with Gasteiger partial charge < -0.3 is 20.1 Å². The molecule has 0 amide bonds. The molecule has 3 aromatic rings. The summed E-state index contributed by atoms with van der Waals surface area (Å²) in [6.45, 7) is 1.64. The predicted octanol–water partition coefficient (Wildman–Crippen LogP) is 2.94. The minimum Gasteiger partial charge on any atom is -0.495 e. The van der Waals surface area contributed by atoms with Gasteiger partial charge in [0.25, 0.3) is 0 Å².